The van der Waals surface area contributed by atoms with Gasteiger partial charge in [-0.2, -0.15) is 10.4 Å². The Labute approximate surface area is 141 Å². The van der Waals surface area contributed by atoms with E-state index in [0.29, 0.717) is 22.4 Å². The molecule has 2 N–H and O–H groups in total. The quantitative estimate of drug-likeness (QED) is 0.860. The van der Waals surface area contributed by atoms with Crippen LogP contribution in [0.15, 0.2) is 24.3 Å². The van der Waals surface area contributed by atoms with Crippen LogP contribution < -0.4 is 10.1 Å². The van der Waals surface area contributed by atoms with Gasteiger partial charge < -0.3 is 15.2 Å². The first-order chi connectivity index (χ1) is 11.7. The van der Waals surface area contributed by atoms with Crippen LogP contribution >= 0.6 is 0 Å². The van der Waals surface area contributed by atoms with Crippen LogP contribution in [0.3, 0.4) is 0 Å². The topological polar surface area (TPSA) is 91.1 Å². The lowest BCUT2D eigenvalue weighted by Gasteiger charge is -2.15. The summed E-state index contributed by atoms with van der Waals surface area (Å²) in [6, 6.07) is 6.90. The number of anilines is 1. The Bertz CT molecular complexity index is 786. The van der Waals surface area contributed by atoms with E-state index in [2.05, 4.69) is 20.3 Å². The Hall–Kier alpha value is -2.86. The van der Waals surface area contributed by atoms with Gasteiger partial charge in [0, 0.05) is 6.54 Å². The van der Waals surface area contributed by atoms with E-state index in [1.54, 1.807) is 13.8 Å². The number of alkyl halides is 3. The Balaban J connectivity index is 2.05. The highest BCUT2D eigenvalue weighted by molar-refractivity contribution is 5.55. The molecular formula is C16H15F3N4O2. The fourth-order valence-corrected chi connectivity index (χ4v) is 2.07. The van der Waals surface area contributed by atoms with Crippen molar-refractivity contribution >= 4 is 5.82 Å². The zero-order valence-electron chi connectivity index (χ0n) is 13.4. The Morgan fingerprint density at radius 2 is 1.88 bits per heavy atom. The lowest BCUT2D eigenvalue weighted by molar-refractivity contribution is -0.274. The number of hydrogen-bond donors (Lipinski definition) is 2. The molecule has 0 radical (unpaired) electrons. The highest BCUT2D eigenvalue weighted by Gasteiger charge is 2.31. The van der Waals surface area contributed by atoms with Crippen molar-refractivity contribution in [3.63, 3.8) is 0 Å². The first-order valence-corrected chi connectivity index (χ1v) is 7.23. The lowest BCUT2D eigenvalue weighted by Crippen LogP contribution is -2.17. The maximum absolute atomic E-state index is 12.1. The normalized spacial score (nSPS) is 12.4. The first kappa shape index (κ1) is 18.5. The molecule has 2 aromatic rings. The van der Waals surface area contributed by atoms with Gasteiger partial charge in [-0.1, -0.05) is 12.1 Å². The van der Waals surface area contributed by atoms with Crippen LogP contribution in [-0.4, -0.2) is 28.2 Å². The second-order valence-electron chi connectivity index (χ2n) is 5.26. The van der Waals surface area contributed by atoms with Gasteiger partial charge in [0.25, 0.3) is 0 Å². The number of aromatic nitrogens is 2. The summed E-state index contributed by atoms with van der Waals surface area (Å²) in [6.45, 7) is 3.47. The lowest BCUT2D eigenvalue weighted by atomic mass is 10.1. The summed E-state index contributed by atoms with van der Waals surface area (Å²) in [5.74, 6) is -0.134. The van der Waals surface area contributed by atoms with E-state index in [9.17, 15) is 23.5 Å². The van der Waals surface area contributed by atoms with Gasteiger partial charge in [-0.3, -0.25) is 0 Å². The number of nitriles is 1. The number of rotatable bonds is 5. The van der Waals surface area contributed by atoms with Gasteiger partial charge in [0.2, 0.25) is 0 Å². The van der Waals surface area contributed by atoms with E-state index in [-0.39, 0.29) is 18.1 Å². The van der Waals surface area contributed by atoms with Crippen molar-refractivity contribution in [3.8, 4) is 11.8 Å². The van der Waals surface area contributed by atoms with Crippen molar-refractivity contribution in [1.29, 1.82) is 5.26 Å². The molecule has 0 unspecified atom stereocenters. The average Bonchev–Trinajstić information content (AvgIpc) is 2.55. The highest BCUT2D eigenvalue weighted by Crippen LogP contribution is 2.25. The molecule has 1 aromatic carbocycles. The van der Waals surface area contributed by atoms with E-state index >= 15 is 0 Å². The summed E-state index contributed by atoms with van der Waals surface area (Å²) in [4.78, 5) is 0. The maximum atomic E-state index is 12.1. The summed E-state index contributed by atoms with van der Waals surface area (Å²) in [5, 5.41) is 30.0. The standard InChI is InChI=1S/C16H15F3N4O2/c1-9-10(2)22-23-15(13(9)7-20)21-8-14(24)11-3-5-12(6-4-11)25-16(17,18)19/h3-6,14,24H,8H2,1-2H3,(H,21,23)/t14-/m0/s1. The van der Waals surface area contributed by atoms with Crippen molar-refractivity contribution in [3.05, 3.63) is 46.6 Å². The summed E-state index contributed by atoms with van der Waals surface area (Å²) in [6.07, 6.45) is -5.79. The van der Waals surface area contributed by atoms with Crippen LogP contribution in [0.2, 0.25) is 0 Å². The molecule has 132 valence electrons. The number of nitrogens with zero attached hydrogens (tertiary/aromatic N) is 3. The minimum absolute atomic E-state index is 0.00529. The highest BCUT2D eigenvalue weighted by atomic mass is 19.4. The largest absolute Gasteiger partial charge is 0.573 e. The molecule has 0 bridgehead atoms. The van der Waals surface area contributed by atoms with Gasteiger partial charge in [-0.15, -0.1) is 18.3 Å². The van der Waals surface area contributed by atoms with Crippen molar-refractivity contribution in [2.75, 3.05) is 11.9 Å². The van der Waals surface area contributed by atoms with Gasteiger partial charge in [0.05, 0.1) is 11.8 Å². The summed E-state index contributed by atoms with van der Waals surface area (Å²) < 4.78 is 40.1. The molecule has 1 aromatic heterocycles. The van der Waals surface area contributed by atoms with E-state index in [4.69, 9.17) is 0 Å². The van der Waals surface area contributed by atoms with Crippen molar-refractivity contribution in [1.82, 2.24) is 10.2 Å². The van der Waals surface area contributed by atoms with E-state index in [1.165, 1.54) is 12.1 Å². The Kier molecular flexibility index (Phi) is 5.44. The fraction of sp³-hybridized carbons (Fsp3) is 0.312. The second kappa shape index (κ2) is 7.36. The third-order valence-corrected chi connectivity index (χ3v) is 3.53. The SMILES string of the molecule is Cc1nnc(NC[C@H](O)c2ccc(OC(F)(F)F)cc2)c(C#N)c1C. The molecule has 1 heterocycles. The number of ether oxygens (including phenoxy) is 1. The molecule has 0 aliphatic rings. The van der Waals surface area contributed by atoms with E-state index < -0.39 is 12.5 Å². The third-order valence-electron chi connectivity index (χ3n) is 3.53. The number of halogens is 3. The fourth-order valence-electron chi connectivity index (χ4n) is 2.07. The molecule has 0 saturated heterocycles. The van der Waals surface area contributed by atoms with Crippen LogP contribution in [0.25, 0.3) is 0 Å². The number of aryl methyl sites for hydroxylation is 1. The zero-order valence-corrected chi connectivity index (χ0v) is 13.4. The third kappa shape index (κ3) is 4.81. The van der Waals surface area contributed by atoms with Crippen molar-refractivity contribution in [2.24, 2.45) is 0 Å². The number of aliphatic hydroxyl groups is 1. The molecule has 0 aliphatic heterocycles. The zero-order chi connectivity index (χ0) is 18.6. The van der Waals surface area contributed by atoms with Crippen LogP contribution in [0.5, 0.6) is 5.75 Å². The monoisotopic (exact) mass is 352 g/mol. The van der Waals surface area contributed by atoms with Crippen LogP contribution in [0, 0.1) is 25.2 Å². The minimum Gasteiger partial charge on any atom is -0.406 e. The van der Waals surface area contributed by atoms with E-state index in [1.807, 2.05) is 6.07 Å². The molecule has 0 saturated carbocycles. The summed E-state index contributed by atoms with van der Waals surface area (Å²) >= 11 is 0. The molecule has 0 spiro atoms. The molecule has 25 heavy (non-hydrogen) atoms. The second-order valence-corrected chi connectivity index (χ2v) is 5.26. The van der Waals surface area contributed by atoms with Crippen molar-refractivity contribution < 1.29 is 23.0 Å². The van der Waals surface area contributed by atoms with Crippen molar-refractivity contribution in [2.45, 2.75) is 26.3 Å². The molecule has 0 aliphatic carbocycles. The molecule has 2 rings (SSSR count). The van der Waals surface area contributed by atoms with Gasteiger partial charge >= 0.3 is 6.36 Å². The molecule has 1 atom stereocenters. The first-order valence-electron chi connectivity index (χ1n) is 7.23. The Morgan fingerprint density at radius 1 is 1.24 bits per heavy atom. The van der Waals surface area contributed by atoms with Gasteiger partial charge in [-0.05, 0) is 37.1 Å². The number of benzene rings is 1. The van der Waals surface area contributed by atoms with Gasteiger partial charge in [-0.25, -0.2) is 0 Å². The number of nitrogens with one attached hydrogen (secondary N) is 1. The molecule has 0 fully saturated rings. The van der Waals surface area contributed by atoms with Crippen LogP contribution in [0.4, 0.5) is 19.0 Å². The molecule has 9 heteroatoms. The average molecular weight is 352 g/mol. The number of hydrogen-bond acceptors (Lipinski definition) is 6. The van der Waals surface area contributed by atoms with Gasteiger partial charge in [0.1, 0.15) is 17.4 Å². The van der Waals surface area contributed by atoms with Crippen LogP contribution in [-0.2, 0) is 0 Å². The summed E-state index contributed by atoms with van der Waals surface area (Å²) in [7, 11) is 0. The van der Waals surface area contributed by atoms with Gasteiger partial charge in [0.15, 0.2) is 5.82 Å². The Morgan fingerprint density at radius 3 is 2.44 bits per heavy atom. The predicted molar refractivity (Wildman–Crippen MR) is 82.8 cm³/mol. The maximum Gasteiger partial charge on any atom is 0.573 e. The minimum atomic E-state index is -4.77. The molecular weight excluding hydrogens is 337 g/mol. The predicted octanol–water partition coefficient (Wildman–Crippen LogP) is 3.01. The molecule has 6 nitrogen and oxygen atoms in total. The summed E-state index contributed by atoms with van der Waals surface area (Å²) in [5.41, 5.74) is 2.02. The number of aliphatic hydroxyl groups excluding tert-OH is 1. The smallest absolute Gasteiger partial charge is 0.406 e. The van der Waals surface area contributed by atoms with Crippen LogP contribution in [0.1, 0.15) is 28.5 Å². The molecule has 0 amide bonds. The van der Waals surface area contributed by atoms with E-state index in [0.717, 1.165) is 12.1 Å².